The molecule has 0 aromatic rings. The topological polar surface area (TPSA) is 20.2 Å². The Labute approximate surface area is 99.6 Å². The van der Waals surface area contributed by atoms with E-state index in [4.69, 9.17) is 0 Å². The van der Waals surface area contributed by atoms with Crippen molar-refractivity contribution in [1.29, 1.82) is 0 Å². The molecule has 1 heteroatoms. The summed E-state index contributed by atoms with van der Waals surface area (Å²) >= 11 is 0. The molecule has 0 spiro atoms. The third-order valence-electron chi connectivity index (χ3n) is 3.92. The molecule has 1 aliphatic rings. The summed E-state index contributed by atoms with van der Waals surface area (Å²) in [5.41, 5.74) is 1.38. The van der Waals surface area contributed by atoms with Crippen molar-refractivity contribution in [3.05, 3.63) is 36.0 Å². The van der Waals surface area contributed by atoms with Crippen molar-refractivity contribution in [1.82, 2.24) is 0 Å². The average molecular weight is 220 g/mol. The molecule has 0 bridgehead atoms. The van der Waals surface area contributed by atoms with Gasteiger partial charge in [0.25, 0.3) is 0 Å². The molecule has 0 aromatic carbocycles. The van der Waals surface area contributed by atoms with Gasteiger partial charge in [-0.1, -0.05) is 37.3 Å². The predicted molar refractivity (Wildman–Crippen MR) is 70.3 cm³/mol. The van der Waals surface area contributed by atoms with Gasteiger partial charge in [-0.25, -0.2) is 0 Å². The van der Waals surface area contributed by atoms with Crippen LogP contribution in [0.1, 0.15) is 47.0 Å². The van der Waals surface area contributed by atoms with E-state index in [1.807, 2.05) is 6.92 Å². The molecule has 0 amide bonds. The van der Waals surface area contributed by atoms with Crippen molar-refractivity contribution >= 4 is 0 Å². The van der Waals surface area contributed by atoms with Gasteiger partial charge in [-0.3, -0.25) is 0 Å². The van der Waals surface area contributed by atoms with Gasteiger partial charge in [0.1, 0.15) is 5.60 Å². The maximum Gasteiger partial charge on any atom is 0.109 e. The highest BCUT2D eigenvalue weighted by molar-refractivity contribution is 5.30. The molecule has 1 N–H and O–H groups in total. The van der Waals surface area contributed by atoms with E-state index in [0.29, 0.717) is 0 Å². The van der Waals surface area contributed by atoms with Gasteiger partial charge in [-0.2, -0.15) is 0 Å². The van der Waals surface area contributed by atoms with Gasteiger partial charge in [0.15, 0.2) is 0 Å². The second kappa shape index (κ2) is 4.58. The summed E-state index contributed by atoms with van der Waals surface area (Å²) in [4.78, 5) is 0. The highest BCUT2D eigenvalue weighted by atomic mass is 16.3. The molecule has 0 aromatic heterocycles. The summed E-state index contributed by atoms with van der Waals surface area (Å²) in [5.74, 6) is 0. The van der Waals surface area contributed by atoms with Crippen molar-refractivity contribution in [3.63, 3.8) is 0 Å². The molecule has 2 unspecified atom stereocenters. The summed E-state index contributed by atoms with van der Waals surface area (Å²) in [6.07, 6.45) is 9.02. The van der Waals surface area contributed by atoms with Crippen LogP contribution in [0.25, 0.3) is 0 Å². The molecule has 16 heavy (non-hydrogen) atoms. The third kappa shape index (κ3) is 2.15. The van der Waals surface area contributed by atoms with Crippen LogP contribution < -0.4 is 0 Å². The summed E-state index contributed by atoms with van der Waals surface area (Å²) < 4.78 is 0. The average Bonchev–Trinajstić information content (AvgIpc) is 2.23. The van der Waals surface area contributed by atoms with Gasteiger partial charge in [-0.15, -0.1) is 0 Å². The van der Waals surface area contributed by atoms with E-state index < -0.39 is 5.60 Å². The number of hydrogen-bond donors (Lipinski definition) is 1. The van der Waals surface area contributed by atoms with Crippen LogP contribution in [0.4, 0.5) is 0 Å². The normalized spacial score (nSPS) is 34.2. The lowest BCUT2D eigenvalue weighted by Crippen LogP contribution is -2.47. The van der Waals surface area contributed by atoms with Crippen LogP contribution in [0, 0.1) is 5.41 Å². The second-order valence-corrected chi connectivity index (χ2v) is 5.44. The summed E-state index contributed by atoms with van der Waals surface area (Å²) in [6, 6.07) is 0. The minimum absolute atomic E-state index is 0.120. The maximum absolute atomic E-state index is 10.8. The Balaban J connectivity index is 3.06. The Bertz CT molecular complexity index is 333. The van der Waals surface area contributed by atoms with Crippen LogP contribution in [-0.4, -0.2) is 10.7 Å². The molecule has 1 aliphatic carbocycles. The monoisotopic (exact) mass is 220 g/mol. The molecule has 0 aliphatic heterocycles. The van der Waals surface area contributed by atoms with Crippen LogP contribution >= 0.6 is 0 Å². The quantitative estimate of drug-likeness (QED) is 0.713. The van der Waals surface area contributed by atoms with Crippen molar-refractivity contribution in [2.75, 3.05) is 0 Å². The van der Waals surface area contributed by atoms with Gasteiger partial charge >= 0.3 is 0 Å². The second-order valence-electron chi connectivity index (χ2n) is 5.44. The first-order chi connectivity index (χ1) is 7.35. The molecule has 0 heterocycles. The van der Waals surface area contributed by atoms with Crippen LogP contribution in [-0.2, 0) is 0 Å². The van der Waals surface area contributed by atoms with E-state index >= 15 is 0 Å². The number of hydrogen-bond acceptors (Lipinski definition) is 1. The SMILES string of the molecule is C=CC1(O)C(C)=CCCC1(C)CC=C(C)C. The largest absolute Gasteiger partial charge is 0.381 e. The molecule has 0 fully saturated rings. The van der Waals surface area contributed by atoms with Crippen LogP contribution in [0.3, 0.4) is 0 Å². The fourth-order valence-electron chi connectivity index (χ4n) is 2.52. The van der Waals surface area contributed by atoms with Crippen LogP contribution in [0.15, 0.2) is 36.0 Å². The van der Waals surface area contributed by atoms with E-state index in [2.05, 4.69) is 39.5 Å². The van der Waals surface area contributed by atoms with E-state index in [0.717, 1.165) is 24.8 Å². The molecule has 1 rings (SSSR count). The minimum atomic E-state index is -0.850. The minimum Gasteiger partial charge on any atom is -0.381 e. The number of rotatable bonds is 3. The first-order valence-corrected chi connectivity index (χ1v) is 6.02. The van der Waals surface area contributed by atoms with Crippen molar-refractivity contribution in [2.45, 2.75) is 52.6 Å². The highest BCUT2D eigenvalue weighted by Crippen LogP contribution is 2.48. The van der Waals surface area contributed by atoms with Gasteiger partial charge in [0.05, 0.1) is 0 Å². The Kier molecular flexibility index (Phi) is 3.80. The Morgan fingerprint density at radius 1 is 1.56 bits per heavy atom. The summed E-state index contributed by atoms with van der Waals surface area (Å²) in [7, 11) is 0. The summed E-state index contributed by atoms with van der Waals surface area (Å²) in [5, 5.41) is 10.8. The molecule has 2 atom stereocenters. The standard InChI is InChI=1S/C15H24O/c1-6-15(16)13(4)8-7-10-14(15,5)11-9-12(2)3/h6,8-9,16H,1,7,10-11H2,2-5H3. The van der Waals surface area contributed by atoms with E-state index in [1.54, 1.807) is 6.08 Å². The van der Waals surface area contributed by atoms with E-state index in [9.17, 15) is 5.11 Å². The van der Waals surface area contributed by atoms with Gasteiger partial charge in [0, 0.05) is 5.41 Å². The van der Waals surface area contributed by atoms with E-state index in [-0.39, 0.29) is 5.41 Å². The molecule has 1 nitrogen and oxygen atoms in total. The number of allylic oxidation sites excluding steroid dienone is 3. The zero-order valence-electron chi connectivity index (χ0n) is 11.0. The highest BCUT2D eigenvalue weighted by Gasteiger charge is 2.46. The first kappa shape index (κ1) is 13.2. The lowest BCUT2D eigenvalue weighted by atomic mass is 9.62. The maximum atomic E-state index is 10.8. The fourth-order valence-corrected chi connectivity index (χ4v) is 2.52. The summed E-state index contributed by atoms with van der Waals surface area (Å²) in [6.45, 7) is 12.2. The molecule has 0 saturated heterocycles. The first-order valence-electron chi connectivity index (χ1n) is 6.02. The Hall–Kier alpha value is -0.820. The van der Waals surface area contributed by atoms with Crippen molar-refractivity contribution in [3.8, 4) is 0 Å². The molecule has 0 saturated carbocycles. The lowest BCUT2D eigenvalue weighted by Gasteiger charge is -2.46. The zero-order chi connectivity index (χ0) is 12.4. The Morgan fingerprint density at radius 2 is 2.19 bits per heavy atom. The van der Waals surface area contributed by atoms with E-state index in [1.165, 1.54) is 5.57 Å². The lowest BCUT2D eigenvalue weighted by molar-refractivity contribution is -0.0140. The predicted octanol–water partition coefficient (Wildman–Crippen LogP) is 4.01. The molecular weight excluding hydrogens is 196 g/mol. The zero-order valence-corrected chi connectivity index (χ0v) is 11.0. The van der Waals surface area contributed by atoms with Crippen LogP contribution in [0.2, 0.25) is 0 Å². The smallest absolute Gasteiger partial charge is 0.109 e. The van der Waals surface area contributed by atoms with Gasteiger partial charge < -0.3 is 5.11 Å². The van der Waals surface area contributed by atoms with Crippen LogP contribution in [0.5, 0.6) is 0 Å². The molecule has 0 radical (unpaired) electrons. The van der Waals surface area contributed by atoms with Crippen molar-refractivity contribution < 1.29 is 5.11 Å². The van der Waals surface area contributed by atoms with Crippen molar-refractivity contribution in [2.24, 2.45) is 5.41 Å². The molecular formula is C15H24O. The van der Waals surface area contributed by atoms with Gasteiger partial charge in [-0.05, 0) is 45.6 Å². The third-order valence-corrected chi connectivity index (χ3v) is 3.92. The van der Waals surface area contributed by atoms with Gasteiger partial charge in [0.2, 0.25) is 0 Å². The fraction of sp³-hybridized carbons (Fsp3) is 0.600. The molecule has 90 valence electrons. The number of aliphatic hydroxyl groups is 1. The Morgan fingerprint density at radius 3 is 2.69 bits per heavy atom.